The molecule has 19 heavy (non-hydrogen) atoms. The third kappa shape index (κ3) is 3.46. The van der Waals surface area contributed by atoms with Gasteiger partial charge in [0.1, 0.15) is 5.82 Å². The van der Waals surface area contributed by atoms with Gasteiger partial charge in [-0.15, -0.1) is 0 Å². The molecule has 0 saturated heterocycles. The molecule has 0 bridgehead atoms. The Morgan fingerprint density at radius 2 is 2.05 bits per heavy atom. The normalized spacial score (nSPS) is 12.2. The van der Waals surface area contributed by atoms with Gasteiger partial charge in [-0.25, -0.2) is 4.39 Å². The maximum Gasteiger partial charge on any atom is 0.125 e. The van der Waals surface area contributed by atoms with Gasteiger partial charge in [-0.2, -0.15) is 0 Å². The van der Waals surface area contributed by atoms with E-state index < -0.39 is 0 Å². The molecular formula is C15H16ClFN2. The van der Waals surface area contributed by atoms with Crippen molar-refractivity contribution in [2.24, 2.45) is 5.73 Å². The standard InChI is InChI=1S/C15H16ClFN2/c1-10-3-2-4-11(7-10)15(9-18)19-14-8-12(17)5-6-13(14)16/h2-8,15,19H,9,18H2,1H3. The third-order valence-electron chi connectivity index (χ3n) is 2.94. The van der Waals surface area contributed by atoms with Crippen LogP contribution in [0.15, 0.2) is 42.5 Å². The SMILES string of the molecule is Cc1cccc(C(CN)Nc2cc(F)ccc2Cl)c1. The fraction of sp³-hybridized carbons (Fsp3) is 0.200. The van der Waals surface area contributed by atoms with Gasteiger partial charge in [-0.1, -0.05) is 41.4 Å². The van der Waals surface area contributed by atoms with Crippen molar-refractivity contribution in [2.75, 3.05) is 11.9 Å². The summed E-state index contributed by atoms with van der Waals surface area (Å²) >= 11 is 6.05. The van der Waals surface area contributed by atoms with Crippen LogP contribution >= 0.6 is 11.6 Å². The van der Waals surface area contributed by atoms with E-state index in [0.29, 0.717) is 17.3 Å². The fourth-order valence-corrected chi connectivity index (χ4v) is 2.13. The summed E-state index contributed by atoms with van der Waals surface area (Å²) in [5.74, 6) is -0.327. The number of anilines is 1. The average molecular weight is 279 g/mol. The van der Waals surface area contributed by atoms with Crippen LogP contribution in [-0.2, 0) is 0 Å². The average Bonchev–Trinajstić information content (AvgIpc) is 2.39. The quantitative estimate of drug-likeness (QED) is 0.890. The van der Waals surface area contributed by atoms with E-state index in [1.54, 1.807) is 0 Å². The lowest BCUT2D eigenvalue weighted by Gasteiger charge is -2.20. The lowest BCUT2D eigenvalue weighted by atomic mass is 10.0. The first kappa shape index (κ1) is 13.8. The van der Waals surface area contributed by atoms with E-state index in [2.05, 4.69) is 11.4 Å². The van der Waals surface area contributed by atoms with Crippen molar-refractivity contribution in [3.8, 4) is 0 Å². The summed E-state index contributed by atoms with van der Waals surface area (Å²) in [7, 11) is 0. The lowest BCUT2D eigenvalue weighted by Crippen LogP contribution is -2.20. The minimum absolute atomic E-state index is 0.0980. The topological polar surface area (TPSA) is 38.0 Å². The molecule has 100 valence electrons. The molecule has 0 saturated carbocycles. The Bertz CT molecular complexity index is 572. The second-order valence-electron chi connectivity index (χ2n) is 4.47. The van der Waals surface area contributed by atoms with Crippen molar-refractivity contribution in [1.82, 2.24) is 0 Å². The maximum atomic E-state index is 13.2. The van der Waals surface area contributed by atoms with Crippen LogP contribution in [0.5, 0.6) is 0 Å². The molecule has 2 aromatic rings. The van der Waals surface area contributed by atoms with E-state index in [4.69, 9.17) is 17.3 Å². The fourth-order valence-electron chi connectivity index (χ4n) is 1.96. The summed E-state index contributed by atoms with van der Waals surface area (Å²) in [6.45, 7) is 2.42. The molecule has 1 atom stereocenters. The number of hydrogen-bond donors (Lipinski definition) is 2. The summed E-state index contributed by atoms with van der Waals surface area (Å²) in [6, 6.07) is 12.2. The monoisotopic (exact) mass is 278 g/mol. The first-order valence-electron chi connectivity index (χ1n) is 6.08. The third-order valence-corrected chi connectivity index (χ3v) is 3.27. The molecule has 2 rings (SSSR count). The van der Waals surface area contributed by atoms with Crippen molar-refractivity contribution in [3.63, 3.8) is 0 Å². The van der Waals surface area contributed by atoms with Crippen LogP contribution < -0.4 is 11.1 Å². The largest absolute Gasteiger partial charge is 0.376 e. The molecule has 2 nitrogen and oxygen atoms in total. The Morgan fingerprint density at radius 3 is 2.74 bits per heavy atom. The Labute approximate surface area is 117 Å². The van der Waals surface area contributed by atoms with Crippen molar-refractivity contribution >= 4 is 17.3 Å². The van der Waals surface area contributed by atoms with Crippen molar-refractivity contribution in [1.29, 1.82) is 0 Å². The molecule has 0 fully saturated rings. The van der Waals surface area contributed by atoms with Gasteiger partial charge in [-0.3, -0.25) is 0 Å². The molecule has 1 unspecified atom stereocenters. The Balaban J connectivity index is 2.26. The van der Waals surface area contributed by atoms with Crippen LogP contribution in [0.3, 0.4) is 0 Å². The van der Waals surface area contributed by atoms with Crippen molar-refractivity contribution < 1.29 is 4.39 Å². The van der Waals surface area contributed by atoms with Crippen LogP contribution in [0, 0.1) is 12.7 Å². The number of benzene rings is 2. The van der Waals surface area contributed by atoms with Crippen LogP contribution in [0.25, 0.3) is 0 Å². The number of hydrogen-bond acceptors (Lipinski definition) is 2. The number of halogens is 2. The Hall–Kier alpha value is -1.58. The number of nitrogens with two attached hydrogens (primary N) is 1. The summed E-state index contributed by atoms with van der Waals surface area (Å²) in [5, 5.41) is 3.66. The molecule has 0 aliphatic carbocycles. The predicted molar refractivity (Wildman–Crippen MR) is 78.0 cm³/mol. The van der Waals surface area contributed by atoms with Crippen LogP contribution in [0.2, 0.25) is 5.02 Å². The smallest absolute Gasteiger partial charge is 0.125 e. The highest BCUT2D eigenvalue weighted by Gasteiger charge is 2.12. The molecule has 4 heteroatoms. The zero-order valence-corrected chi connectivity index (χ0v) is 11.4. The molecule has 0 heterocycles. The van der Waals surface area contributed by atoms with Gasteiger partial charge in [0.15, 0.2) is 0 Å². The first-order valence-corrected chi connectivity index (χ1v) is 6.46. The van der Waals surface area contributed by atoms with Crippen LogP contribution in [0.4, 0.5) is 10.1 Å². The van der Waals surface area contributed by atoms with Gasteiger partial charge in [0.2, 0.25) is 0 Å². The molecule has 2 aromatic carbocycles. The molecular weight excluding hydrogens is 263 g/mol. The zero-order valence-electron chi connectivity index (χ0n) is 10.7. The van der Waals surface area contributed by atoms with E-state index in [1.807, 2.05) is 25.1 Å². The van der Waals surface area contributed by atoms with Crippen molar-refractivity contribution in [2.45, 2.75) is 13.0 Å². The molecule has 0 radical (unpaired) electrons. The summed E-state index contributed by atoms with van der Waals surface area (Å²) < 4.78 is 13.2. The van der Waals surface area contributed by atoms with Crippen LogP contribution in [0.1, 0.15) is 17.2 Å². The highest BCUT2D eigenvalue weighted by atomic mass is 35.5. The van der Waals surface area contributed by atoms with E-state index in [-0.39, 0.29) is 11.9 Å². The van der Waals surface area contributed by atoms with Gasteiger partial charge in [0.05, 0.1) is 16.8 Å². The van der Waals surface area contributed by atoms with Crippen LogP contribution in [-0.4, -0.2) is 6.54 Å². The van der Waals surface area contributed by atoms with Gasteiger partial charge in [-0.05, 0) is 30.7 Å². The molecule has 0 spiro atoms. The van der Waals surface area contributed by atoms with Gasteiger partial charge < -0.3 is 11.1 Å². The van der Waals surface area contributed by atoms with Gasteiger partial charge >= 0.3 is 0 Å². The van der Waals surface area contributed by atoms with E-state index >= 15 is 0 Å². The number of rotatable bonds is 4. The van der Waals surface area contributed by atoms with Gasteiger partial charge in [0, 0.05) is 6.54 Å². The van der Waals surface area contributed by atoms with E-state index in [0.717, 1.165) is 11.1 Å². The Kier molecular flexibility index (Phi) is 4.40. The van der Waals surface area contributed by atoms with Gasteiger partial charge in [0.25, 0.3) is 0 Å². The lowest BCUT2D eigenvalue weighted by molar-refractivity contribution is 0.627. The number of aryl methyl sites for hydroxylation is 1. The van der Waals surface area contributed by atoms with E-state index in [9.17, 15) is 4.39 Å². The maximum absolute atomic E-state index is 13.2. The Morgan fingerprint density at radius 1 is 1.26 bits per heavy atom. The number of nitrogens with one attached hydrogen (secondary N) is 1. The zero-order chi connectivity index (χ0) is 13.8. The minimum Gasteiger partial charge on any atom is -0.376 e. The highest BCUT2D eigenvalue weighted by molar-refractivity contribution is 6.33. The van der Waals surface area contributed by atoms with Crippen molar-refractivity contribution in [3.05, 3.63) is 64.4 Å². The predicted octanol–water partition coefficient (Wildman–Crippen LogP) is 3.90. The molecule has 3 N–H and O–H groups in total. The molecule has 0 aliphatic rings. The summed E-state index contributed by atoms with van der Waals surface area (Å²) in [4.78, 5) is 0. The summed E-state index contributed by atoms with van der Waals surface area (Å²) in [6.07, 6.45) is 0. The minimum atomic E-state index is -0.327. The molecule has 0 aromatic heterocycles. The van der Waals surface area contributed by atoms with E-state index in [1.165, 1.54) is 18.2 Å². The second-order valence-corrected chi connectivity index (χ2v) is 4.88. The molecule has 0 amide bonds. The highest BCUT2D eigenvalue weighted by Crippen LogP contribution is 2.27. The second kappa shape index (κ2) is 6.04. The molecule has 0 aliphatic heterocycles. The first-order chi connectivity index (χ1) is 9.10. The summed E-state index contributed by atoms with van der Waals surface area (Å²) in [5.41, 5.74) is 8.56.